The first-order valence-corrected chi connectivity index (χ1v) is 7.73. The number of sulfonamides is 1. The highest BCUT2D eigenvalue weighted by Crippen LogP contribution is 2.15. The van der Waals surface area contributed by atoms with E-state index in [0.717, 1.165) is 12.2 Å². The quantitative estimate of drug-likeness (QED) is 0.709. The number of thioether (sulfide) groups is 1. The number of nitrogens with zero attached hydrogens (tertiary/aromatic N) is 1. The van der Waals surface area contributed by atoms with E-state index in [1.165, 1.54) is 4.31 Å². The van der Waals surface area contributed by atoms with Crippen molar-refractivity contribution in [1.82, 2.24) is 4.31 Å². The summed E-state index contributed by atoms with van der Waals surface area (Å²) in [6, 6.07) is 0.123. The van der Waals surface area contributed by atoms with Gasteiger partial charge in [0.15, 0.2) is 0 Å². The molecule has 0 rings (SSSR count). The van der Waals surface area contributed by atoms with Gasteiger partial charge in [0.05, 0.1) is 5.25 Å². The van der Waals surface area contributed by atoms with Crippen LogP contribution in [-0.2, 0) is 10.0 Å². The van der Waals surface area contributed by atoms with Crippen molar-refractivity contribution in [3.63, 3.8) is 0 Å². The van der Waals surface area contributed by atoms with Crippen LogP contribution < -0.4 is 0 Å². The molecule has 86 valence electrons. The molecule has 0 aliphatic rings. The molecule has 5 heteroatoms. The average Bonchev–Trinajstić information content (AvgIpc) is 2.12. The van der Waals surface area contributed by atoms with Crippen LogP contribution in [0.15, 0.2) is 0 Å². The predicted molar refractivity (Wildman–Crippen MR) is 64.3 cm³/mol. The number of rotatable bonds is 6. The summed E-state index contributed by atoms with van der Waals surface area (Å²) in [5, 5.41) is -0.330. The zero-order valence-electron chi connectivity index (χ0n) is 9.65. The Labute approximate surface area is 92.3 Å². The lowest BCUT2D eigenvalue weighted by molar-refractivity contribution is 0.381. The molecule has 0 heterocycles. The third-order valence-corrected chi connectivity index (χ3v) is 5.35. The topological polar surface area (TPSA) is 37.4 Å². The number of hydrogen-bond donors (Lipinski definition) is 0. The molecule has 0 aliphatic carbocycles. The number of hydrogen-bond acceptors (Lipinski definition) is 3. The molecule has 3 nitrogen and oxygen atoms in total. The summed E-state index contributed by atoms with van der Waals surface area (Å²) in [4.78, 5) is 0. The SMILES string of the molecule is CCC(CSC)N(C)S(=O)(=O)C(C)C. The van der Waals surface area contributed by atoms with E-state index in [2.05, 4.69) is 0 Å². The summed E-state index contributed by atoms with van der Waals surface area (Å²) < 4.78 is 25.2. The maximum Gasteiger partial charge on any atom is 0.216 e. The van der Waals surface area contributed by atoms with Crippen molar-refractivity contribution in [1.29, 1.82) is 0 Å². The van der Waals surface area contributed by atoms with Gasteiger partial charge in [-0.15, -0.1) is 0 Å². The van der Waals surface area contributed by atoms with Crippen molar-refractivity contribution in [2.75, 3.05) is 19.1 Å². The molecule has 0 saturated heterocycles. The van der Waals surface area contributed by atoms with Gasteiger partial charge < -0.3 is 0 Å². The van der Waals surface area contributed by atoms with E-state index in [1.807, 2.05) is 13.2 Å². The molecule has 14 heavy (non-hydrogen) atoms. The second-order valence-electron chi connectivity index (χ2n) is 3.63. The Balaban J connectivity index is 4.65. The van der Waals surface area contributed by atoms with E-state index in [-0.39, 0.29) is 11.3 Å². The normalized spacial score (nSPS) is 15.1. The van der Waals surface area contributed by atoms with Gasteiger partial charge in [-0.2, -0.15) is 11.8 Å². The van der Waals surface area contributed by atoms with Crippen LogP contribution in [0.3, 0.4) is 0 Å². The van der Waals surface area contributed by atoms with Crippen LogP contribution in [0.25, 0.3) is 0 Å². The van der Waals surface area contributed by atoms with Crippen LogP contribution >= 0.6 is 11.8 Å². The smallest absolute Gasteiger partial charge is 0.212 e. The maximum atomic E-state index is 11.8. The summed E-state index contributed by atoms with van der Waals surface area (Å²) in [6.45, 7) is 5.46. The Morgan fingerprint density at radius 1 is 1.36 bits per heavy atom. The minimum absolute atomic E-state index is 0.123. The Kier molecular flexibility index (Phi) is 6.09. The maximum absolute atomic E-state index is 11.8. The minimum Gasteiger partial charge on any atom is -0.212 e. The fourth-order valence-corrected chi connectivity index (χ4v) is 3.46. The molecule has 0 N–H and O–H groups in total. The summed E-state index contributed by atoms with van der Waals surface area (Å²) >= 11 is 1.68. The van der Waals surface area contributed by atoms with Gasteiger partial charge in [0.1, 0.15) is 0 Å². The van der Waals surface area contributed by atoms with Gasteiger partial charge in [0, 0.05) is 18.8 Å². The molecule has 0 bridgehead atoms. The first kappa shape index (κ1) is 14.3. The van der Waals surface area contributed by atoms with Crippen molar-refractivity contribution in [2.45, 2.75) is 38.5 Å². The van der Waals surface area contributed by atoms with Crippen molar-refractivity contribution < 1.29 is 8.42 Å². The molecule has 0 fully saturated rings. The predicted octanol–water partition coefficient (Wildman–Crippen LogP) is 1.80. The summed E-state index contributed by atoms with van der Waals surface area (Å²) in [5.74, 6) is 0.860. The van der Waals surface area contributed by atoms with Gasteiger partial charge in [-0.1, -0.05) is 6.92 Å². The van der Waals surface area contributed by atoms with E-state index < -0.39 is 10.0 Å². The highest BCUT2D eigenvalue weighted by Gasteiger charge is 2.27. The lowest BCUT2D eigenvalue weighted by atomic mass is 10.3. The van der Waals surface area contributed by atoms with Crippen molar-refractivity contribution in [3.05, 3.63) is 0 Å². The average molecular weight is 239 g/mol. The largest absolute Gasteiger partial charge is 0.216 e. The molecular weight excluding hydrogens is 218 g/mol. The molecular formula is C9H21NO2S2. The fourth-order valence-electron chi connectivity index (χ4n) is 1.21. The first-order valence-electron chi connectivity index (χ1n) is 4.83. The van der Waals surface area contributed by atoms with Crippen LogP contribution in [0.5, 0.6) is 0 Å². The molecule has 1 atom stereocenters. The molecule has 0 spiro atoms. The molecule has 0 amide bonds. The van der Waals surface area contributed by atoms with E-state index in [0.29, 0.717) is 0 Å². The lowest BCUT2D eigenvalue weighted by Crippen LogP contribution is -2.41. The van der Waals surface area contributed by atoms with Gasteiger partial charge in [-0.05, 0) is 26.5 Å². The van der Waals surface area contributed by atoms with E-state index >= 15 is 0 Å². The van der Waals surface area contributed by atoms with Crippen molar-refractivity contribution in [2.24, 2.45) is 0 Å². The van der Waals surface area contributed by atoms with Crippen LogP contribution in [0, 0.1) is 0 Å². The van der Waals surface area contributed by atoms with Crippen LogP contribution in [0.2, 0.25) is 0 Å². The molecule has 0 aromatic heterocycles. The van der Waals surface area contributed by atoms with Gasteiger partial charge in [0.25, 0.3) is 0 Å². The molecule has 0 saturated carbocycles. The zero-order chi connectivity index (χ0) is 11.4. The van der Waals surface area contributed by atoms with Gasteiger partial charge in [-0.25, -0.2) is 12.7 Å². The Morgan fingerprint density at radius 2 is 1.86 bits per heavy atom. The fraction of sp³-hybridized carbons (Fsp3) is 1.00. The minimum atomic E-state index is -3.09. The summed E-state index contributed by atoms with van der Waals surface area (Å²) in [5.41, 5.74) is 0. The Hall–Kier alpha value is 0.260. The summed E-state index contributed by atoms with van der Waals surface area (Å²) in [7, 11) is -1.41. The zero-order valence-corrected chi connectivity index (χ0v) is 11.3. The third kappa shape index (κ3) is 3.44. The second kappa shape index (κ2) is 5.98. The van der Waals surface area contributed by atoms with Gasteiger partial charge in [0.2, 0.25) is 10.0 Å². The van der Waals surface area contributed by atoms with E-state index in [1.54, 1.807) is 32.7 Å². The Morgan fingerprint density at radius 3 is 2.14 bits per heavy atom. The molecule has 0 aromatic carbocycles. The van der Waals surface area contributed by atoms with Gasteiger partial charge in [-0.3, -0.25) is 0 Å². The molecule has 0 aliphatic heterocycles. The Bertz CT molecular complexity index is 250. The highest BCUT2D eigenvalue weighted by atomic mass is 32.2. The van der Waals surface area contributed by atoms with Crippen LogP contribution in [-0.4, -0.2) is 43.1 Å². The van der Waals surface area contributed by atoms with Crippen molar-refractivity contribution >= 4 is 21.8 Å². The van der Waals surface area contributed by atoms with Gasteiger partial charge >= 0.3 is 0 Å². The van der Waals surface area contributed by atoms with E-state index in [9.17, 15) is 8.42 Å². The molecule has 0 aromatic rings. The molecule has 1 unspecified atom stereocenters. The third-order valence-electron chi connectivity index (χ3n) is 2.34. The van der Waals surface area contributed by atoms with Crippen LogP contribution in [0.1, 0.15) is 27.2 Å². The standard InChI is InChI=1S/C9H21NO2S2/c1-6-9(7-13-5)10(4)14(11,12)8(2)3/h8-9H,6-7H2,1-5H3. The van der Waals surface area contributed by atoms with E-state index in [4.69, 9.17) is 0 Å². The first-order chi connectivity index (χ1) is 6.37. The van der Waals surface area contributed by atoms with Crippen molar-refractivity contribution in [3.8, 4) is 0 Å². The van der Waals surface area contributed by atoms with Crippen LogP contribution in [0.4, 0.5) is 0 Å². The second-order valence-corrected chi connectivity index (χ2v) is 7.09. The highest BCUT2D eigenvalue weighted by molar-refractivity contribution is 7.98. The lowest BCUT2D eigenvalue weighted by Gasteiger charge is -2.27. The summed E-state index contributed by atoms with van der Waals surface area (Å²) in [6.07, 6.45) is 2.86. The molecule has 0 radical (unpaired) electrons. The monoisotopic (exact) mass is 239 g/mol.